The van der Waals surface area contributed by atoms with Crippen LogP contribution >= 0.6 is 0 Å². The van der Waals surface area contributed by atoms with Gasteiger partial charge >= 0.3 is 0 Å². The average Bonchev–Trinajstić information content (AvgIpc) is 3.06. The second-order valence-electron chi connectivity index (χ2n) is 6.33. The lowest BCUT2D eigenvalue weighted by molar-refractivity contribution is -0.993. The van der Waals surface area contributed by atoms with Crippen molar-refractivity contribution >= 4 is 11.7 Å². The molecule has 2 heterocycles. The summed E-state index contributed by atoms with van der Waals surface area (Å²) < 4.78 is 1.60. The number of nitrogens with one attached hydrogen (secondary N) is 1. The molecule has 0 bridgehead atoms. The minimum absolute atomic E-state index is 0.0116. The van der Waals surface area contributed by atoms with Crippen molar-refractivity contribution in [1.29, 1.82) is 0 Å². The predicted octanol–water partition coefficient (Wildman–Crippen LogP) is 1.13. The number of nitrogens with zero attached hydrogens (tertiary/aromatic N) is 3. The molecule has 0 spiro atoms. The van der Waals surface area contributed by atoms with Crippen molar-refractivity contribution in [2.45, 2.75) is 25.8 Å². The molecule has 2 aromatic rings. The van der Waals surface area contributed by atoms with E-state index in [0.29, 0.717) is 5.92 Å². The second kappa shape index (κ2) is 7.12. The van der Waals surface area contributed by atoms with Gasteiger partial charge in [-0.05, 0) is 24.3 Å². The number of piperidine rings is 1. The van der Waals surface area contributed by atoms with Crippen molar-refractivity contribution in [2.75, 3.05) is 13.1 Å². The van der Waals surface area contributed by atoms with Crippen LogP contribution in [0.2, 0.25) is 0 Å². The van der Waals surface area contributed by atoms with Gasteiger partial charge in [0.25, 0.3) is 5.82 Å². The van der Waals surface area contributed by atoms with Crippen LogP contribution in [0.25, 0.3) is 0 Å². The van der Waals surface area contributed by atoms with Crippen LogP contribution in [0.1, 0.15) is 31.4 Å². The van der Waals surface area contributed by atoms with Crippen molar-refractivity contribution in [1.82, 2.24) is 14.5 Å². The van der Waals surface area contributed by atoms with E-state index in [2.05, 4.69) is 11.9 Å². The van der Waals surface area contributed by atoms with Crippen LogP contribution in [-0.2, 0) is 4.79 Å². The molecule has 2 unspecified atom stereocenters. The van der Waals surface area contributed by atoms with Crippen molar-refractivity contribution in [3.8, 4) is 0 Å². The van der Waals surface area contributed by atoms with Crippen molar-refractivity contribution in [3.05, 3.63) is 53.6 Å². The molecule has 0 saturated carbocycles. The first-order valence-electron chi connectivity index (χ1n) is 8.16. The number of hydrogen-bond donors (Lipinski definition) is 2. The van der Waals surface area contributed by atoms with Gasteiger partial charge in [0.2, 0.25) is 5.91 Å². The summed E-state index contributed by atoms with van der Waals surface area (Å²) in [5.74, 6) is 0.564. The number of imidazole rings is 1. The summed E-state index contributed by atoms with van der Waals surface area (Å²) >= 11 is 0. The Balaban J connectivity index is 1.91. The maximum absolute atomic E-state index is 13.1. The Morgan fingerprint density at radius 3 is 2.58 bits per heavy atom. The average molecular weight is 330 g/mol. The van der Waals surface area contributed by atoms with Crippen LogP contribution in [0.3, 0.4) is 0 Å². The summed E-state index contributed by atoms with van der Waals surface area (Å²) in [6.07, 6.45) is 4.84. The van der Waals surface area contributed by atoms with Crippen LogP contribution in [0.15, 0.2) is 42.9 Å². The fourth-order valence-electron chi connectivity index (χ4n) is 3.07. The smallest absolute Gasteiger partial charge is 0.276 e. The molecule has 1 saturated heterocycles. The highest BCUT2D eigenvalue weighted by Gasteiger charge is 2.30. The van der Waals surface area contributed by atoms with Gasteiger partial charge in [0.05, 0.1) is 6.20 Å². The van der Waals surface area contributed by atoms with Gasteiger partial charge in [0, 0.05) is 13.1 Å². The summed E-state index contributed by atoms with van der Waals surface area (Å²) in [5.41, 5.74) is 0.829. The van der Waals surface area contributed by atoms with E-state index in [4.69, 9.17) is 5.21 Å². The SMILES string of the molecule is CC1CCN(C(=O)C(c2ccccc2)n2cnc([NH+]([O-])O)c2)CC1. The summed E-state index contributed by atoms with van der Waals surface area (Å²) in [7, 11) is 0. The number of amides is 1. The topological polar surface area (TPSA) is 85.9 Å². The molecule has 1 aromatic carbocycles. The first-order valence-corrected chi connectivity index (χ1v) is 8.16. The zero-order valence-electron chi connectivity index (χ0n) is 13.6. The maximum atomic E-state index is 13.1. The largest absolute Gasteiger partial charge is 0.594 e. The van der Waals surface area contributed by atoms with E-state index in [-0.39, 0.29) is 11.7 Å². The lowest BCUT2D eigenvalue weighted by atomic mass is 9.97. The zero-order valence-corrected chi connectivity index (χ0v) is 13.6. The molecule has 0 aliphatic carbocycles. The molecule has 7 nitrogen and oxygen atoms in total. The number of aromatic nitrogens is 2. The zero-order chi connectivity index (χ0) is 17.1. The van der Waals surface area contributed by atoms with Crippen LogP contribution in [0.5, 0.6) is 0 Å². The molecule has 2 N–H and O–H groups in total. The number of rotatable bonds is 4. The Hall–Kier alpha value is -2.22. The fourth-order valence-corrected chi connectivity index (χ4v) is 3.07. The van der Waals surface area contributed by atoms with Gasteiger partial charge in [0.1, 0.15) is 12.4 Å². The van der Waals surface area contributed by atoms with E-state index in [1.54, 1.807) is 4.57 Å². The van der Waals surface area contributed by atoms with Crippen LogP contribution in [-0.4, -0.2) is 38.7 Å². The third-order valence-electron chi connectivity index (χ3n) is 4.56. The van der Waals surface area contributed by atoms with Crippen LogP contribution in [0.4, 0.5) is 5.82 Å². The maximum Gasteiger partial charge on any atom is 0.276 e. The molecule has 1 aromatic heterocycles. The lowest BCUT2D eigenvalue weighted by Gasteiger charge is -2.33. The van der Waals surface area contributed by atoms with Crippen molar-refractivity contribution in [2.24, 2.45) is 5.92 Å². The quantitative estimate of drug-likeness (QED) is 0.823. The van der Waals surface area contributed by atoms with Crippen LogP contribution < -0.4 is 5.23 Å². The minimum atomic E-state index is -1.10. The number of quaternary nitrogens is 1. The van der Waals surface area contributed by atoms with E-state index in [1.165, 1.54) is 12.5 Å². The first kappa shape index (κ1) is 16.6. The number of hydrogen-bond acceptors (Lipinski definition) is 4. The highest BCUT2D eigenvalue weighted by molar-refractivity contribution is 5.83. The molecule has 24 heavy (non-hydrogen) atoms. The molecule has 1 amide bonds. The predicted molar refractivity (Wildman–Crippen MR) is 87.6 cm³/mol. The third-order valence-corrected chi connectivity index (χ3v) is 4.56. The summed E-state index contributed by atoms with van der Waals surface area (Å²) in [4.78, 5) is 18.9. The fraction of sp³-hybridized carbons (Fsp3) is 0.412. The number of likely N-dealkylation sites (tertiary alicyclic amines) is 1. The van der Waals surface area contributed by atoms with Gasteiger partial charge in [-0.2, -0.15) is 10.2 Å². The molecule has 1 aliphatic rings. The molecular formula is C17H22N4O3. The van der Waals surface area contributed by atoms with E-state index in [1.807, 2.05) is 35.2 Å². The third kappa shape index (κ3) is 3.48. The first-order chi connectivity index (χ1) is 11.6. The van der Waals surface area contributed by atoms with E-state index in [9.17, 15) is 10.0 Å². The summed E-state index contributed by atoms with van der Waals surface area (Å²) in [6, 6.07) is 8.83. The standard InChI is InChI=1S/C17H22N4O3/c1-13-7-9-19(10-8-13)17(22)16(14-5-3-2-4-6-14)20-11-15(18-12-20)21(23)24/h2-6,11-13,16,21,23H,7-10H2,1H3. The number of carbonyl (C=O) groups excluding carboxylic acids is 1. The molecule has 7 heteroatoms. The Morgan fingerprint density at radius 1 is 1.33 bits per heavy atom. The summed E-state index contributed by atoms with van der Waals surface area (Å²) in [5, 5.41) is 19.1. The molecule has 128 valence electrons. The highest BCUT2D eigenvalue weighted by atomic mass is 16.8. The Bertz CT molecular complexity index is 678. The normalized spacial score (nSPS) is 18.4. The van der Waals surface area contributed by atoms with Gasteiger partial charge in [-0.1, -0.05) is 37.3 Å². The second-order valence-corrected chi connectivity index (χ2v) is 6.33. The van der Waals surface area contributed by atoms with Crippen LogP contribution in [0, 0.1) is 11.1 Å². The molecule has 1 aliphatic heterocycles. The Kier molecular flexibility index (Phi) is 4.94. The molecule has 1 fully saturated rings. The molecule has 0 radical (unpaired) electrons. The van der Waals surface area contributed by atoms with Crippen molar-refractivity contribution in [3.63, 3.8) is 0 Å². The van der Waals surface area contributed by atoms with Gasteiger partial charge in [-0.3, -0.25) is 4.79 Å². The van der Waals surface area contributed by atoms with Gasteiger partial charge in [-0.25, -0.2) is 5.21 Å². The number of carbonyl (C=O) groups is 1. The van der Waals surface area contributed by atoms with Gasteiger partial charge in [-0.15, -0.1) is 0 Å². The van der Waals surface area contributed by atoms with E-state index >= 15 is 0 Å². The Morgan fingerprint density at radius 2 is 2.00 bits per heavy atom. The minimum Gasteiger partial charge on any atom is -0.594 e. The van der Waals surface area contributed by atoms with Crippen molar-refractivity contribution < 1.29 is 15.2 Å². The van der Waals surface area contributed by atoms with E-state index < -0.39 is 11.3 Å². The summed E-state index contributed by atoms with van der Waals surface area (Å²) in [6.45, 7) is 3.68. The lowest BCUT2D eigenvalue weighted by Crippen LogP contribution is -2.99. The molecule has 3 rings (SSSR count). The molecular weight excluding hydrogens is 308 g/mol. The Labute approximate surface area is 140 Å². The monoisotopic (exact) mass is 330 g/mol. The highest BCUT2D eigenvalue weighted by Crippen LogP contribution is 2.25. The number of benzene rings is 1. The van der Waals surface area contributed by atoms with Gasteiger partial charge in [0.15, 0.2) is 0 Å². The van der Waals surface area contributed by atoms with Gasteiger partial charge < -0.3 is 14.7 Å². The van der Waals surface area contributed by atoms with E-state index in [0.717, 1.165) is 31.5 Å². The molecule has 2 atom stereocenters.